The Morgan fingerprint density at radius 2 is 1.92 bits per heavy atom. The molecule has 0 unspecified atom stereocenters. The summed E-state index contributed by atoms with van der Waals surface area (Å²) in [7, 11) is 0. The molecule has 0 spiro atoms. The van der Waals surface area contributed by atoms with E-state index < -0.39 is 11.7 Å². The van der Waals surface area contributed by atoms with Crippen LogP contribution in [0.3, 0.4) is 0 Å². The Hall–Kier alpha value is -2.37. The highest BCUT2D eigenvalue weighted by Crippen LogP contribution is 2.34. The molecule has 1 aliphatic carbocycles. The Morgan fingerprint density at radius 3 is 2.62 bits per heavy atom. The molecule has 0 radical (unpaired) electrons. The Morgan fingerprint density at radius 1 is 1.19 bits per heavy atom. The van der Waals surface area contributed by atoms with E-state index in [0.29, 0.717) is 11.5 Å². The van der Waals surface area contributed by atoms with Gasteiger partial charge < -0.3 is 9.72 Å². The predicted molar refractivity (Wildman–Crippen MR) is 101 cm³/mol. The molecule has 3 aromatic rings. The van der Waals surface area contributed by atoms with Gasteiger partial charge in [-0.15, -0.1) is 0 Å². The molecule has 4 rings (SSSR count). The third-order valence-corrected chi connectivity index (χ3v) is 5.07. The van der Waals surface area contributed by atoms with Crippen molar-refractivity contribution in [2.75, 3.05) is 5.32 Å². The van der Waals surface area contributed by atoms with Gasteiger partial charge in [0.15, 0.2) is 0 Å². The van der Waals surface area contributed by atoms with Crippen molar-refractivity contribution < 1.29 is 9.59 Å². The molecular weight excluding hydrogens is 373 g/mol. The number of carbonyl (C=O) groups is 2. The molecule has 1 fully saturated rings. The fraction of sp³-hybridized carbons (Fsp3) is 0.211. The molecule has 26 heavy (non-hydrogen) atoms. The van der Waals surface area contributed by atoms with Gasteiger partial charge in [-0.2, -0.15) is 0 Å². The molecule has 0 atom stereocenters. The highest BCUT2D eigenvalue weighted by molar-refractivity contribution is 6.49. The van der Waals surface area contributed by atoms with E-state index in [1.54, 1.807) is 0 Å². The topological polar surface area (TPSA) is 63.5 Å². The smallest absolute Gasteiger partial charge is 0.296 e. The molecule has 3 heterocycles. The summed E-state index contributed by atoms with van der Waals surface area (Å²) < 4.78 is 1.98. The van der Waals surface area contributed by atoms with Crippen LogP contribution < -0.4 is 5.32 Å². The number of hydrogen-bond donors (Lipinski definition) is 1. The zero-order chi connectivity index (χ0) is 18.3. The van der Waals surface area contributed by atoms with Gasteiger partial charge in [0.1, 0.15) is 0 Å². The lowest BCUT2D eigenvalue weighted by atomic mass is 10.1. The second-order valence-corrected chi connectivity index (χ2v) is 7.23. The summed E-state index contributed by atoms with van der Waals surface area (Å²) in [6.45, 7) is 0. The number of nitrogens with one attached hydrogen (secondary N) is 1. The number of pyridine rings is 2. The van der Waals surface area contributed by atoms with Crippen molar-refractivity contribution in [3.63, 3.8) is 0 Å². The number of fused-ring (bicyclic) bond motifs is 1. The summed E-state index contributed by atoms with van der Waals surface area (Å²) in [4.78, 5) is 29.1. The van der Waals surface area contributed by atoms with Crippen LogP contribution in [-0.4, -0.2) is 21.1 Å². The van der Waals surface area contributed by atoms with Gasteiger partial charge in [0.25, 0.3) is 11.7 Å². The molecule has 7 heteroatoms. The fourth-order valence-electron chi connectivity index (χ4n) is 3.00. The molecule has 0 aromatic carbocycles. The lowest BCUT2D eigenvalue weighted by Gasteiger charge is -2.07. The van der Waals surface area contributed by atoms with E-state index in [0.717, 1.165) is 17.6 Å². The first-order valence-corrected chi connectivity index (χ1v) is 9.04. The Bertz CT molecular complexity index is 1000. The van der Waals surface area contributed by atoms with Crippen LogP contribution in [0.2, 0.25) is 10.0 Å². The average Bonchev–Trinajstić information content (AvgIpc) is 3.38. The summed E-state index contributed by atoms with van der Waals surface area (Å²) in [6.07, 6.45) is 7.95. The maximum atomic E-state index is 12.8. The van der Waals surface area contributed by atoms with Crippen LogP contribution in [0.1, 0.15) is 28.9 Å². The van der Waals surface area contributed by atoms with E-state index in [1.807, 2.05) is 34.9 Å². The first kappa shape index (κ1) is 17.1. The number of hydrogen-bond acceptors (Lipinski definition) is 3. The minimum atomic E-state index is -0.783. The molecule has 1 amide bonds. The maximum Gasteiger partial charge on any atom is 0.296 e. The van der Waals surface area contributed by atoms with E-state index in [1.165, 1.54) is 25.2 Å². The van der Waals surface area contributed by atoms with Crippen LogP contribution in [0.15, 0.2) is 42.9 Å². The standard InChI is InChI=1S/C19H15Cl2N3O2/c20-14-9-22-10-15(21)17(14)23-19(26)18(25)13-8-12(7-11-4-5-11)24-6-2-1-3-16(13)24/h1-3,6,8-11H,4-5,7H2,(H,22,23,26). The number of aromatic nitrogens is 2. The normalized spacial score (nSPS) is 13.8. The highest BCUT2D eigenvalue weighted by Gasteiger charge is 2.27. The molecule has 0 saturated heterocycles. The molecule has 1 saturated carbocycles. The monoisotopic (exact) mass is 387 g/mol. The van der Waals surface area contributed by atoms with Gasteiger partial charge in [-0.1, -0.05) is 29.3 Å². The predicted octanol–water partition coefficient (Wildman–Crippen LogP) is 4.42. The number of ketones is 1. The van der Waals surface area contributed by atoms with Crippen molar-refractivity contribution in [1.82, 2.24) is 9.38 Å². The second kappa shape index (κ2) is 6.74. The van der Waals surface area contributed by atoms with E-state index in [2.05, 4.69) is 10.3 Å². The summed E-state index contributed by atoms with van der Waals surface area (Å²) in [5.74, 6) is -0.742. The number of halogens is 2. The largest absolute Gasteiger partial charge is 0.320 e. The molecule has 5 nitrogen and oxygen atoms in total. The van der Waals surface area contributed by atoms with Crippen molar-refractivity contribution in [2.24, 2.45) is 5.92 Å². The van der Waals surface area contributed by atoms with Crippen molar-refractivity contribution >= 4 is 46.1 Å². The van der Waals surface area contributed by atoms with Gasteiger partial charge in [-0.05, 0) is 43.4 Å². The van der Waals surface area contributed by atoms with E-state index >= 15 is 0 Å². The summed E-state index contributed by atoms with van der Waals surface area (Å²) in [5, 5.41) is 2.85. The molecular formula is C19H15Cl2N3O2. The van der Waals surface area contributed by atoms with Gasteiger partial charge in [-0.3, -0.25) is 14.6 Å². The molecule has 0 aliphatic heterocycles. The van der Waals surface area contributed by atoms with E-state index in [-0.39, 0.29) is 15.7 Å². The van der Waals surface area contributed by atoms with Crippen LogP contribution in [0.5, 0.6) is 0 Å². The fourth-order valence-corrected chi connectivity index (χ4v) is 3.46. The minimum absolute atomic E-state index is 0.176. The van der Waals surface area contributed by atoms with Crippen LogP contribution in [-0.2, 0) is 11.2 Å². The van der Waals surface area contributed by atoms with Crippen LogP contribution in [0.4, 0.5) is 5.69 Å². The van der Waals surface area contributed by atoms with E-state index in [9.17, 15) is 9.59 Å². The first-order chi connectivity index (χ1) is 12.5. The molecule has 3 aromatic heterocycles. The highest BCUT2D eigenvalue weighted by atomic mass is 35.5. The van der Waals surface area contributed by atoms with Crippen LogP contribution >= 0.6 is 23.2 Å². The first-order valence-electron chi connectivity index (χ1n) is 8.28. The number of rotatable bonds is 5. The van der Waals surface area contributed by atoms with Gasteiger partial charge in [-0.25, -0.2) is 0 Å². The zero-order valence-corrected chi connectivity index (χ0v) is 15.2. The summed E-state index contributed by atoms with van der Waals surface area (Å²) in [6, 6.07) is 7.41. The number of anilines is 1. The van der Waals surface area contributed by atoms with Crippen LogP contribution in [0.25, 0.3) is 5.52 Å². The Labute approximate surface area is 159 Å². The van der Waals surface area contributed by atoms with Gasteiger partial charge in [0, 0.05) is 24.3 Å². The van der Waals surface area contributed by atoms with E-state index in [4.69, 9.17) is 23.2 Å². The van der Waals surface area contributed by atoms with Crippen molar-refractivity contribution in [3.8, 4) is 0 Å². The lowest BCUT2D eigenvalue weighted by molar-refractivity contribution is -0.112. The number of amides is 1. The third-order valence-electron chi connectivity index (χ3n) is 4.49. The molecule has 1 aliphatic rings. The summed E-state index contributed by atoms with van der Waals surface area (Å²) >= 11 is 12.0. The average molecular weight is 388 g/mol. The lowest BCUT2D eigenvalue weighted by Crippen LogP contribution is -2.23. The summed E-state index contributed by atoms with van der Waals surface area (Å²) in [5.41, 5.74) is 2.32. The molecule has 132 valence electrons. The Balaban J connectivity index is 1.66. The number of nitrogens with zero attached hydrogens (tertiary/aromatic N) is 2. The van der Waals surface area contributed by atoms with Crippen molar-refractivity contribution in [2.45, 2.75) is 19.3 Å². The number of carbonyl (C=O) groups excluding carboxylic acids is 2. The zero-order valence-electron chi connectivity index (χ0n) is 13.7. The Kier molecular flexibility index (Phi) is 4.42. The molecule has 1 N–H and O–H groups in total. The van der Waals surface area contributed by atoms with Crippen molar-refractivity contribution in [1.29, 1.82) is 0 Å². The van der Waals surface area contributed by atoms with Crippen molar-refractivity contribution in [3.05, 3.63) is 64.2 Å². The van der Waals surface area contributed by atoms with Gasteiger partial charge in [0.2, 0.25) is 0 Å². The SMILES string of the molecule is O=C(Nc1c(Cl)cncc1Cl)C(=O)c1cc(CC2CC2)n2ccccc12. The second-order valence-electron chi connectivity index (χ2n) is 6.41. The van der Waals surface area contributed by atoms with Gasteiger partial charge >= 0.3 is 0 Å². The van der Waals surface area contributed by atoms with Gasteiger partial charge in [0.05, 0.1) is 26.8 Å². The van der Waals surface area contributed by atoms with Crippen LogP contribution in [0, 0.1) is 5.92 Å². The minimum Gasteiger partial charge on any atom is -0.320 e. The maximum absolute atomic E-state index is 12.8. The number of Topliss-reactive ketones (excluding diaryl/α,β-unsaturated/α-hetero) is 1. The quantitative estimate of drug-likeness (QED) is 0.520. The molecule has 0 bridgehead atoms. The third kappa shape index (κ3) is 3.20.